The lowest BCUT2D eigenvalue weighted by atomic mass is 9.79. The molecule has 0 amide bonds. The molecule has 0 saturated carbocycles. The van der Waals surface area contributed by atoms with Crippen LogP contribution in [0.2, 0.25) is 0 Å². The Kier molecular flexibility index (Phi) is 8.05. The number of hydrogen-bond acceptors (Lipinski definition) is 1. The minimum Gasteiger partial charge on any atom is -0.292 e. The summed E-state index contributed by atoms with van der Waals surface area (Å²) in [5.41, 5.74) is 19.8. The van der Waals surface area contributed by atoms with Crippen LogP contribution in [0.15, 0.2) is 200 Å². The van der Waals surface area contributed by atoms with E-state index in [9.17, 15) is 0 Å². The van der Waals surface area contributed by atoms with Crippen molar-refractivity contribution in [3.63, 3.8) is 0 Å². The van der Waals surface area contributed by atoms with Crippen LogP contribution in [-0.2, 0) is 11.8 Å². The van der Waals surface area contributed by atoms with Gasteiger partial charge in [-0.05, 0) is 105 Å². The van der Waals surface area contributed by atoms with E-state index in [-0.39, 0.29) is 11.3 Å². The Labute approximate surface area is 355 Å². The van der Waals surface area contributed by atoms with Crippen molar-refractivity contribution in [2.24, 2.45) is 0 Å². The van der Waals surface area contributed by atoms with Gasteiger partial charge in [-0.25, -0.2) is 0 Å². The van der Waals surface area contributed by atoms with E-state index in [0.29, 0.717) is 0 Å². The van der Waals surface area contributed by atoms with E-state index in [1.807, 2.05) is 0 Å². The van der Waals surface area contributed by atoms with Crippen molar-refractivity contribution in [2.75, 3.05) is 0 Å². The molecule has 4 heteroatoms. The number of aromatic nitrogens is 4. The molecular weight excluding hydrogens is 741 g/mol. The minimum absolute atomic E-state index is 0.0668. The topological polar surface area (TPSA) is 27.2 Å². The minimum atomic E-state index is -0.0668. The van der Waals surface area contributed by atoms with Gasteiger partial charge in [0, 0.05) is 28.1 Å². The van der Waals surface area contributed by atoms with Crippen LogP contribution in [0, 0.1) is 0 Å². The lowest BCUT2D eigenvalue weighted by Gasteiger charge is -2.25. The van der Waals surface area contributed by atoms with Gasteiger partial charge in [0.2, 0.25) is 5.78 Å². The summed E-state index contributed by atoms with van der Waals surface area (Å²) in [6.45, 7) is 4.77. The standard InChI is InChI=1S/C57H44N4/c1-57(2)48-29-14-12-26-46(48)53-45(28-17-30-49(53)57)44(41-21-16-20-40(37-41)39-18-6-3-7-19-39)34-32-38-33-35-51-52(36-38)60(43-24-10-5-11-25-43)56-58-55-54(61(51)56)47-27-13-15-31-50(47)59(55)42-22-8-4-9-23-42/h3-31,33,35-37,44H,32,34H2,1-2H3. The summed E-state index contributed by atoms with van der Waals surface area (Å²) >= 11 is 0. The van der Waals surface area contributed by atoms with Gasteiger partial charge in [0.1, 0.15) is 5.52 Å². The van der Waals surface area contributed by atoms with Crippen LogP contribution in [0.5, 0.6) is 0 Å². The van der Waals surface area contributed by atoms with E-state index in [0.717, 1.165) is 57.7 Å². The Morgan fingerprint density at radius 3 is 1.98 bits per heavy atom. The number of nitrogens with zero attached hydrogens (tertiary/aromatic N) is 4. The first-order chi connectivity index (χ1) is 30.0. The zero-order valence-corrected chi connectivity index (χ0v) is 34.3. The largest absolute Gasteiger partial charge is 0.292 e. The van der Waals surface area contributed by atoms with E-state index >= 15 is 0 Å². The number of fused-ring (bicyclic) bond motifs is 10. The van der Waals surface area contributed by atoms with E-state index in [2.05, 4.69) is 228 Å². The van der Waals surface area contributed by atoms with E-state index < -0.39 is 0 Å². The molecule has 3 aromatic heterocycles. The molecule has 11 aromatic rings. The maximum absolute atomic E-state index is 5.51. The summed E-state index contributed by atoms with van der Waals surface area (Å²) in [5, 5.41) is 1.19. The van der Waals surface area contributed by atoms with Crippen molar-refractivity contribution in [3.8, 4) is 33.6 Å². The Balaban J connectivity index is 1.02. The molecule has 0 saturated heterocycles. The van der Waals surface area contributed by atoms with Crippen LogP contribution in [0.4, 0.5) is 0 Å². The molecule has 0 aliphatic heterocycles. The Morgan fingerprint density at radius 2 is 1.18 bits per heavy atom. The van der Waals surface area contributed by atoms with Crippen LogP contribution in [0.3, 0.4) is 0 Å². The molecule has 1 atom stereocenters. The lowest BCUT2D eigenvalue weighted by Crippen LogP contribution is -2.15. The monoisotopic (exact) mass is 784 g/mol. The zero-order chi connectivity index (χ0) is 40.7. The summed E-state index contributed by atoms with van der Waals surface area (Å²) in [5.74, 6) is 1.09. The van der Waals surface area contributed by atoms with Crippen molar-refractivity contribution in [1.29, 1.82) is 0 Å². The highest BCUT2D eigenvalue weighted by atomic mass is 15.2. The number of hydrogen-bond donors (Lipinski definition) is 0. The summed E-state index contributed by atoms with van der Waals surface area (Å²) in [6.07, 6.45) is 1.87. The van der Waals surface area contributed by atoms with Crippen LogP contribution in [0.1, 0.15) is 54.0 Å². The van der Waals surface area contributed by atoms with Crippen LogP contribution < -0.4 is 0 Å². The van der Waals surface area contributed by atoms with Gasteiger partial charge in [0.05, 0.1) is 16.6 Å². The predicted octanol–water partition coefficient (Wildman–Crippen LogP) is 14.1. The molecule has 0 radical (unpaired) electrons. The third-order valence-corrected chi connectivity index (χ3v) is 13.3. The molecule has 0 N–H and O–H groups in total. The quantitative estimate of drug-likeness (QED) is 0.151. The second-order valence-corrected chi connectivity index (χ2v) is 17.1. The van der Waals surface area contributed by atoms with Crippen LogP contribution >= 0.6 is 0 Å². The molecule has 1 aliphatic carbocycles. The van der Waals surface area contributed by atoms with Gasteiger partial charge in [0.15, 0.2) is 5.65 Å². The van der Waals surface area contributed by atoms with Gasteiger partial charge < -0.3 is 0 Å². The summed E-state index contributed by atoms with van der Waals surface area (Å²) < 4.78 is 7.04. The Hall–Kier alpha value is -7.43. The summed E-state index contributed by atoms with van der Waals surface area (Å²) in [7, 11) is 0. The fraction of sp³-hybridized carbons (Fsp3) is 0.105. The van der Waals surface area contributed by atoms with Gasteiger partial charge >= 0.3 is 0 Å². The molecule has 1 aliphatic rings. The van der Waals surface area contributed by atoms with Crippen molar-refractivity contribution in [1.82, 2.24) is 18.5 Å². The molecular formula is C57H44N4. The molecule has 1 unspecified atom stereocenters. The summed E-state index contributed by atoms with van der Waals surface area (Å²) in [6, 6.07) is 73.3. The molecule has 12 rings (SSSR count). The van der Waals surface area contributed by atoms with Crippen LogP contribution in [-0.4, -0.2) is 18.5 Å². The average molecular weight is 785 g/mol. The first-order valence-corrected chi connectivity index (χ1v) is 21.5. The smallest absolute Gasteiger partial charge is 0.222 e. The highest BCUT2D eigenvalue weighted by molar-refractivity contribution is 6.09. The number of imidazole rings is 2. The molecule has 292 valence electrons. The number of rotatable bonds is 8. The van der Waals surface area contributed by atoms with Gasteiger partial charge in [-0.3, -0.25) is 13.5 Å². The average Bonchev–Trinajstić information content (AvgIpc) is 4.01. The highest BCUT2D eigenvalue weighted by Gasteiger charge is 2.37. The first-order valence-electron chi connectivity index (χ1n) is 21.5. The van der Waals surface area contributed by atoms with Crippen molar-refractivity contribution >= 4 is 38.9 Å². The molecule has 61 heavy (non-hydrogen) atoms. The predicted molar refractivity (Wildman–Crippen MR) is 252 cm³/mol. The van der Waals surface area contributed by atoms with E-state index in [1.165, 1.54) is 55.5 Å². The lowest BCUT2D eigenvalue weighted by molar-refractivity contribution is 0.657. The normalized spacial score (nSPS) is 13.6. The Morgan fingerprint density at radius 1 is 0.525 bits per heavy atom. The highest BCUT2D eigenvalue weighted by Crippen LogP contribution is 2.52. The van der Waals surface area contributed by atoms with Gasteiger partial charge in [-0.2, -0.15) is 4.98 Å². The van der Waals surface area contributed by atoms with Crippen molar-refractivity contribution < 1.29 is 0 Å². The second-order valence-electron chi connectivity index (χ2n) is 17.1. The molecule has 8 aromatic carbocycles. The van der Waals surface area contributed by atoms with E-state index in [1.54, 1.807) is 0 Å². The van der Waals surface area contributed by atoms with Gasteiger partial charge in [-0.1, -0.05) is 172 Å². The molecule has 4 nitrogen and oxygen atoms in total. The van der Waals surface area contributed by atoms with Crippen molar-refractivity contribution in [3.05, 3.63) is 228 Å². The summed E-state index contributed by atoms with van der Waals surface area (Å²) in [4.78, 5) is 5.51. The third kappa shape index (κ3) is 5.48. The first kappa shape index (κ1) is 35.5. The second kappa shape index (κ2) is 13.8. The number of benzene rings is 8. The fourth-order valence-corrected chi connectivity index (χ4v) is 10.5. The molecule has 0 fully saturated rings. The number of aryl methyl sites for hydroxylation is 1. The van der Waals surface area contributed by atoms with E-state index in [4.69, 9.17) is 4.98 Å². The van der Waals surface area contributed by atoms with Crippen LogP contribution in [0.25, 0.3) is 72.5 Å². The maximum Gasteiger partial charge on any atom is 0.222 e. The maximum atomic E-state index is 5.51. The van der Waals surface area contributed by atoms with Gasteiger partial charge in [-0.15, -0.1) is 0 Å². The number of para-hydroxylation sites is 3. The SMILES string of the molecule is CC1(C)c2ccccc2-c2c(C(CCc3ccc4c(c3)n(-c3ccccc3)c3nc5c(c6ccccc6n5-c5ccccc5)n43)c3cccc(-c4ccccc4)c3)cccc21. The molecule has 3 heterocycles. The third-order valence-electron chi connectivity index (χ3n) is 13.3. The molecule has 0 bridgehead atoms. The van der Waals surface area contributed by atoms with Crippen molar-refractivity contribution in [2.45, 2.75) is 38.0 Å². The zero-order valence-electron chi connectivity index (χ0n) is 34.3. The Bertz CT molecular complexity index is 3440. The van der Waals surface area contributed by atoms with Gasteiger partial charge in [0.25, 0.3) is 0 Å². The fourth-order valence-electron chi connectivity index (χ4n) is 10.5. The molecule has 0 spiro atoms.